The molecule has 0 aliphatic rings. The molecule has 1 aromatic carbocycles. The molecule has 0 saturated heterocycles. The zero-order valence-electron chi connectivity index (χ0n) is 10.6. The summed E-state index contributed by atoms with van der Waals surface area (Å²) in [5.41, 5.74) is 5.93. The molecule has 0 radical (unpaired) electrons. The average Bonchev–Trinajstić information content (AvgIpc) is 2.27. The van der Waals surface area contributed by atoms with Crippen LogP contribution in [0.25, 0.3) is 0 Å². The highest BCUT2D eigenvalue weighted by molar-refractivity contribution is 8.00. The van der Waals surface area contributed by atoms with E-state index in [4.69, 9.17) is 10.5 Å². The van der Waals surface area contributed by atoms with Gasteiger partial charge >= 0.3 is 5.97 Å². The molecule has 0 aromatic heterocycles. The van der Waals surface area contributed by atoms with Crippen LogP contribution in [0.5, 0.6) is 0 Å². The topological polar surface area (TPSA) is 52.3 Å². The van der Waals surface area contributed by atoms with Crippen molar-refractivity contribution in [2.24, 2.45) is 0 Å². The Morgan fingerprint density at radius 2 is 2.17 bits per heavy atom. The number of hydrogen-bond acceptors (Lipinski definition) is 4. The number of hydrogen-bond donors (Lipinski definition) is 1. The van der Waals surface area contributed by atoms with E-state index in [1.54, 1.807) is 13.0 Å². The number of halogens is 1. The first kappa shape index (κ1) is 14.8. The number of esters is 1. The van der Waals surface area contributed by atoms with E-state index >= 15 is 0 Å². The Labute approximate surface area is 111 Å². The van der Waals surface area contributed by atoms with Gasteiger partial charge in [-0.25, -0.2) is 4.39 Å². The Hall–Kier alpha value is -1.23. The number of anilines is 1. The van der Waals surface area contributed by atoms with E-state index in [2.05, 4.69) is 0 Å². The number of rotatable bonds is 6. The molecule has 0 amide bonds. The van der Waals surface area contributed by atoms with Gasteiger partial charge in [-0.1, -0.05) is 13.3 Å². The van der Waals surface area contributed by atoms with Crippen molar-refractivity contribution in [1.29, 1.82) is 0 Å². The fourth-order valence-electron chi connectivity index (χ4n) is 1.54. The van der Waals surface area contributed by atoms with Gasteiger partial charge in [0.2, 0.25) is 0 Å². The van der Waals surface area contributed by atoms with Crippen molar-refractivity contribution in [1.82, 2.24) is 0 Å². The van der Waals surface area contributed by atoms with Crippen molar-refractivity contribution in [3.63, 3.8) is 0 Å². The zero-order chi connectivity index (χ0) is 13.5. The summed E-state index contributed by atoms with van der Waals surface area (Å²) in [4.78, 5) is 12.4. The summed E-state index contributed by atoms with van der Waals surface area (Å²) in [6.45, 7) is 4.11. The van der Waals surface area contributed by atoms with Crippen LogP contribution in [-0.4, -0.2) is 17.8 Å². The fourth-order valence-corrected chi connectivity index (χ4v) is 2.77. The number of nitrogens with two attached hydrogens (primary N) is 1. The Balaban J connectivity index is 2.78. The standard InChI is InChI=1S/C13H18FNO2S/c1-3-5-12(13(16)17-4-2)18-11-7-9(14)6-10(15)8-11/h6-8,12H,3-5,15H2,1-2H3. The lowest BCUT2D eigenvalue weighted by Crippen LogP contribution is -2.20. The maximum atomic E-state index is 13.2. The molecule has 0 fully saturated rings. The highest BCUT2D eigenvalue weighted by Crippen LogP contribution is 2.29. The summed E-state index contributed by atoms with van der Waals surface area (Å²) >= 11 is 1.30. The van der Waals surface area contributed by atoms with E-state index in [1.165, 1.54) is 23.9 Å². The highest BCUT2D eigenvalue weighted by Gasteiger charge is 2.20. The van der Waals surface area contributed by atoms with Crippen molar-refractivity contribution in [2.75, 3.05) is 12.3 Å². The van der Waals surface area contributed by atoms with Crippen LogP contribution < -0.4 is 5.73 Å². The summed E-state index contributed by atoms with van der Waals surface area (Å²) in [5, 5.41) is -0.309. The summed E-state index contributed by atoms with van der Waals surface area (Å²) < 4.78 is 18.2. The van der Waals surface area contributed by atoms with E-state index in [1.807, 2.05) is 6.92 Å². The third kappa shape index (κ3) is 4.56. The second kappa shape index (κ2) is 7.26. The predicted molar refractivity (Wildman–Crippen MR) is 72.0 cm³/mol. The number of carbonyl (C=O) groups excluding carboxylic acids is 1. The van der Waals surface area contributed by atoms with Crippen LogP contribution in [-0.2, 0) is 9.53 Å². The van der Waals surface area contributed by atoms with Gasteiger partial charge in [0.1, 0.15) is 11.1 Å². The van der Waals surface area contributed by atoms with Crippen molar-refractivity contribution in [2.45, 2.75) is 36.8 Å². The number of nitrogen functional groups attached to an aromatic ring is 1. The normalized spacial score (nSPS) is 12.2. The van der Waals surface area contributed by atoms with Gasteiger partial charge in [0.25, 0.3) is 0 Å². The molecule has 18 heavy (non-hydrogen) atoms. The van der Waals surface area contributed by atoms with Crippen LogP contribution in [0.3, 0.4) is 0 Å². The van der Waals surface area contributed by atoms with Crippen molar-refractivity contribution < 1.29 is 13.9 Å². The molecule has 0 heterocycles. The number of benzene rings is 1. The van der Waals surface area contributed by atoms with Crippen LogP contribution in [0.1, 0.15) is 26.7 Å². The van der Waals surface area contributed by atoms with E-state index in [0.29, 0.717) is 23.6 Å². The first-order valence-corrected chi connectivity index (χ1v) is 6.84. The lowest BCUT2D eigenvalue weighted by atomic mass is 10.2. The Morgan fingerprint density at radius 1 is 1.44 bits per heavy atom. The van der Waals surface area contributed by atoms with E-state index in [-0.39, 0.29) is 11.2 Å². The molecule has 1 rings (SSSR count). The summed E-state index contributed by atoms with van der Waals surface area (Å²) in [5.74, 6) is -0.649. The van der Waals surface area contributed by atoms with Crippen molar-refractivity contribution in [3.8, 4) is 0 Å². The Morgan fingerprint density at radius 3 is 2.72 bits per heavy atom. The minimum Gasteiger partial charge on any atom is -0.465 e. The lowest BCUT2D eigenvalue weighted by molar-refractivity contribution is -0.142. The second-order valence-electron chi connectivity index (χ2n) is 3.87. The van der Waals surface area contributed by atoms with E-state index in [0.717, 1.165) is 6.42 Å². The van der Waals surface area contributed by atoms with Crippen LogP contribution in [0, 0.1) is 5.82 Å². The second-order valence-corrected chi connectivity index (χ2v) is 5.14. The van der Waals surface area contributed by atoms with Gasteiger partial charge in [-0.15, -0.1) is 11.8 Å². The molecule has 100 valence electrons. The van der Waals surface area contributed by atoms with Gasteiger partial charge in [0, 0.05) is 10.6 Å². The monoisotopic (exact) mass is 271 g/mol. The highest BCUT2D eigenvalue weighted by atomic mass is 32.2. The molecule has 0 aliphatic carbocycles. The number of ether oxygens (including phenoxy) is 1. The smallest absolute Gasteiger partial charge is 0.319 e. The molecule has 1 aromatic rings. The average molecular weight is 271 g/mol. The summed E-state index contributed by atoms with van der Waals surface area (Å²) in [6, 6.07) is 4.29. The van der Waals surface area contributed by atoms with Gasteiger partial charge < -0.3 is 10.5 Å². The molecule has 0 spiro atoms. The molecular formula is C13H18FNO2S. The minimum absolute atomic E-state index is 0.257. The SMILES string of the molecule is CCCC(Sc1cc(N)cc(F)c1)C(=O)OCC. The molecule has 0 aliphatic heterocycles. The number of thioether (sulfide) groups is 1. The van der Waals surface area contributed by atoms with Gasteiger partial charge in [-0.2, -0.15) is 0 Å². The first-order valence-electron chi connectivity index (χ1n) is 5.96. The maximum absolute atomic E-state index is 13.2. The lowest BCUT2D eigenvalue weighted by Gasteiger charge is -2.14. The van der Waals surface area contributed by atoms with E-state index in [9.17, 15) is 9.18 Å². The van der Waals surface area contributed by atoms with Crippen LogP contribution in [0.4, 0.5) is 10.1 Å². The quantitative estimate of drug-likeness (QED) is 0.490. The Kier molecular flexibility index (Phi) is 5.98. The zero-order valence-corrected chi connectivity index (χ0v) is 11.4. The largest absolute Gasteiger partial charge is 0.465 e. The fraction of sp³-hybridized carbons (Fsp3) is 0.462. The van der Waals surface area contributed by atoms with E-state index < -0.39 is 5.82 Å². The van der Waals surface area contributed by atoms with Gasteiger partial charge in [-0.05, 0) is 31.5 Å². The minimum atomic E-state index is -0.392. The summed E-state index contributed by atoms with van der Waals surface area (Å²) in [6.07, 6.45) is 1.56. The van der Waals surface area contributed by atoms with Crippen LogP contribution >= 0.6 is 11.8 Å². The van der Waals surface area contributed by atoms with Gasteiger partial charge in [0.15, 0.2) is 0 Å². The molecule has 5 heteroatoms. The van der Waals surface area contributed by atoms with Gasteiger partial charge in [-0.3, -0.25) is 4.79 Å². The molecular weight excluding hydrogens is 253 g/mol. The molecule has 1 unspecified atom stereocenters. The molecule has 1 atom stereocenters. The molecule has 0 saturated carbocycles. The predicted octanol–water partition coefficient (Wildman–Crippen LogP) is 3.23. The third-order valence-corrected chi connectivity index (χ3v) is 3.49. The third-order valence-electron chi connectivity index (χ3n) is 2.27. The maximum Gasteiger partial charge on any atom is 0.319 e. The van der Waals surface area contributed by atoms with Crippen LogP contribution in [0.15, 0.2) is 23.1 Å². The Bertz CT molecular complexity index is 392. The van der Waals surface area contributed by atoms with Gasteiger partial charge in [0.05, 0.1) is 6.61 Å². The summed E-state index contributed by atoms with van der Waals surface area (Å²) in [7, 11) is 0. The van der Waals surface area contributed by atoms with Crippen molar-refractivity contribution >= 4 is 23.4 Å². The molecule has 2 N–H and O–H groups in total. The first-order chi connectivity index (χ1) is 8.56. The molecule has 0 bridgehead atoms. The van der Waals surface area contributed by atoms with Crippen LogP contribution in [0.2, 0.25) is 0 Å². The molecule has 3 nitrogen and oxygen atoms in total. The number of carbonyl (C=O) groups is 1. The van der Waals surface area contributed by atoms with Crippen molar-refractivity contribution in [3.05, 3.63) is 24.0 Å².